The predicted octanol–water partition coefficient (Wildman–Crippen LogP) is 2.14. The number of rotatable bonds is 8. The van der Waals surface area contributed by atoms with E-state index in [1.807, 2.05) is 6.07 Å². The molecule has 7 nitrogen and oxygen atoms in total. The number of aryl methyl sites for hydroxylation is 1. The van der Waals surface area contributed by atoms with E-state index in [2.05, 4.69) is 11.9 Å². The van der Waals surface area contributed by atoms with Crippen LogP contribution < -0.4 is 5.69 Å². The van der Waals surface area contributed by atoms with Crippen molar-refractivity contribution in [3.05, 3.63) is 28.5 Å². The molecule has 0 amide bonds. The van der Waals surface area contributed by atoms with Crippen molar-refractivity contribution in [1.29, 1.82) is 0 Å². The molecular weight excluding hydrogens is 324 g/mol. The van der Waals surface area contributed by atoms with Crippen molar-refractivity contribution in [2.45, 2.75) is 70.3 Å². The second-order valence-electron chi connectivity index (χ2n) is 6.68. The van der Waals surface area contributed by atoms with Crippen LogP contribution in [-0.2, 0) is 11.2 Å². The zero-order valence-corrected chi connectivity index (χ0v) is 14.6. The third-order valence-corrected chi connectivity index (χ3v) is 4.71. The molecule has 0 spiro atoms. The van der Waals surface area contributed by atoms with Gasteiger partial charge in [0.2, 0.25) is 5.71 Å². The molecule has 1 aliphatic heterocycles. The number of aliphatic hydroxyl groups is 2. The Balaban J connectivity index is 1.72. The fourth-order valence-corrected chi connectivity index (χ4v) is 3.26. The molecule has 2 N–H and O–H groups in total. The minimum atomic E-state index is -0.791. The average molecular weight is 350 g/mol. The number of hydrogen-bond donors (Lipinski definition) is 2. The molecule has 1 saturated heterocycles. The van der Waals surface area contributed by atoms with Crippen LogP contribution in [0.1, 0.15) is 57.4 Å². The van der Waals surface area contributed by atoms with Crippen LogP contribution in [0.4, 0.5) is 0 Å². The van der Waals surface area contributed by atoms with Crippen molar-refractivity contribution in [3.8, 4) is 0 Å². The fourth-order valence-electron chi connectivity index (χ4n) is 3.26. The summed E-state index contributed by atoms with van der Waals surface area (Å²) in [5.41, 5.74) is -0.144. The van der Waals surface area contributed by atoms with E-state index in [0.717, 1.165) is 24.0 Å². The molecule has 0 aliphatic carbocycles. The highest BCUT2D eigenvalue weighted by Crippen LogP contribution is 2.28. The SMILES string of the molecule is CCCCCCCc1cc2cn([C@H]3C[C@H](O)[C@@H](CO)O3)c(=O)nc2o1. The third kappa shape index (κ3) is 4.11. The number of furan rings is 1. The fraction of sp³-hybridized carbons (Fsp3) is 0.667. The van der Waals surface area contributed by atoms with Crippen molar-refractivity contribution in [3.63, 3.8) is 0 Å². The van der Waals surface area contributed by atoms with E-state index in [4.69, 9.17) is 9.15 Å². The molecule has 0 bridgehead atoms. The van der Waals surface area contributed by atoms with E-state index in [1.54, 1.807) is 6.20 Å². The Morgan fingerprint density at radius 2 is 2.12 bits per heavy atom. The van der Waals surface area contributed by atoms with Gasteiger partial charge in [-0.05, 0) is 12.5 Å². The van der Waals surface area contributed by atoms with Crippen LogP contribution in [0.5, 0.6) is 0 Å². The van der Waals surface area contributed by atoms with E-state index in [9.17, 15) is 15.0 Å². The Kier molecular flexibility index (Phi) is 5.88. The van der Waals surface area contributed by atoms with Gasteiger partial charge in [-0.1, -0.05) is 32.6 Å². The van der Waals surface area contributed by atoms with Gasteiger partial charge in [0.05, 0.1) is 18.1 Å². The third-order valence-electron chi connectivity index (χ3n) is 4.71. The summed E-state index contributed by atoms with van der Waals surface area (Å²) in [5.74, 6) is 0.830. The Morgan fingerprint density at radius 1 is 1.32 bits per heavy atom. The number of aliphatic hydroxyl groups excluding tert-OH is 2. The summed E-state index contributed by atoms with van der Waals surface area (Å²) in [6.45, 7) is 1.91. The number of unbranched alkanes of at least 4 members (excludes halogenated alkanes) is 4. The lowest BCUT2D eigenvalue weighted by atomic mass is 10.1. The van der Waals surface area contributed by atoms with Crippen LogP contribution in [0.2, 0.25) is 0 Å². The van der Waals surface area contributed by atoms with Crippen LogP contribution in [-0.4, -0.2) is 38.6 Å². The molecule has 0 unspecified atom stereocenters. The number of fused-ring (bicyclic) bond motifs is 1. The molecule has 7 heteroatoms. The first kappa shape index (κ1) is 18.1. The first-order valence-electron chi connectivity index (χ1n) is 9.08. The summed E-state index contributed by atoms with van der Waals surface area (Å²) in [5, 5.41) is 19.8. The van der Waals surface area contributed by atoms with E-state index < -0.39 is 24.1 Å². The number of hydrogen-bond acceptors (Lipinski definition) is 6. The molecule has 3 heterocycles. The normalized spacial score (nSPS) is 23.6. The Morgan fingerprint density at radius 3 is 2.84 bits per heavy atom. The molecule has 1 aliphatic rings. The molecule has 0 aromatic carbocycles. The van der Waals surface area contributed by atoms with Gasteiger partial charge in [0.15, 0.2) is 0 Å². The molecular formula is C18H26N2O5. The number of aromatic nitrogens is 2. The first-order valence-corrected chi connectivity index (χ1v) is 9.08. The lowest BCUT2D eigenvalue weighted by molar-refractivity contribution is -0.0457. The maximum atomic E-state index is 12.2. The van der Waals surface area contributed by atoms with E-state index in [-0.39, 0.29) is 13.0 Å². The van der Waals surface area contributed by atoms with Gasteiger partial charge < -0.3 is 19.4 Å². The smallest absolute Gasteiger partial charge is 0.353 e. The van der Waals surface area contributed by atoms with Gasteiger partial charge in [-0.25, -0.2) is 4.79 Å². The van der Waals surface area contributed by atoms with Crippen molar-refractivity contribution in [2.24, 2.45) is 0 Å². The Bertz CT molecular complexity index is 753. The monoisotopic (exact) mass is 350 g/mol. The molecule has 2 aromatic rings. The van der Waals surface area contributed by atoms with Crippen molar-refractivity contribution in [1.82, 2.24) is 9.55 Å². The van der Waals surface area contributed by atoms with Crippen LogP contribution in [0.3, 0.4) is 0 Å². The largest absolute Gasteiger partial charge is 0.443 e. The molecule has 3 rings (SSSR count). The molecule has 0 saturated carbocycles. The zero-order valence-electron chi connectivity index (χ0n) is 14.6. The first-order chi connectivity index (χ1) is 12.1. The highest BCUT2D eigenvalue weighted by Gasteiger charge is 2.35. The standard InChI is InChI=1S/C18H26N2O5/c1-2-3-4-5-6-7-13-8-12-10-20(18(23)19-17(12)24-13)16-9-14(22)15(11-21)25-16/h8,10,14-16,21-22H,2-7,9,11H2,1H3/t14-,15+,16+/m0/s1. The minimum absolute atomic E-state index is 0.250. The highest BCUT2D eigenvalue weighted by atomic mass is 16.5. The maximum absolute atomic E-state index is 12.2. The van der Waals surface area contributed by atoms with Crippen LogP contribution in [0.15, 0.2) is 21.5 Å². The molecule has 2 aromatic heterocycles. The number of ether oxygens (including phenoxy) is 1. The second-order valence-corrected chi connectivity index (χ2v) is 6.68. The molecule has 138 valence electrons. The summed E-state index contributed by atoms with van der Waals surface area (Å²) < 4.78 is 12.6. The summed E-state index contributed by atoms with van der Waals surface area (Å²) in [6.07, 6.45) is 6.58. The predicted molar refractivity (Wildman–Crippen MR) is 92.4 cm³/mol. The van der Waals surface area contributed by atoms with Crippen molar-refractivity contribution in [2.75, 3.05) is 6.61 Å². The maximum Gasteiger partial charge on any atom is 0.353 e. The lowest BCUT2D eigenvalue weighted by Gasteiger charge is -2.13. The zero-order chi connectivity index (χ0) is 17.8. The topological polar surface area (TPSA) is 97.7 Å². The van der Waals surface area contributed by atoms with Gasteiger partial charge in [-0.3, -0.25) is 4.57 Å². The summed E-state index contributed by atoms with van der Waals surface area (Å²) >= 11 is 0. The molecule has 1 fully saturated rings. The van der Waals surface area contributed by atoms with Crippen LogP contribution in [0.25, 0.3) is 11.1 Å². The summed E-state index contributed by atoms with van der Waals surface area (Å²) in [4.78, 5) is 16.2. The lowest BCUT2D eigenvalue weighted by Crippen LogP contribution is -2.27. The quantitative estimate of drug-likeness (QED) is 0.708. The highest BCUT2D eigenvalue weighted by molar-refractivity contribution is 5.72. The Labute approximate surface area is 146 Å². The summed E-state index contributed by atoms with van der Waals surface area (Å²) in [6, 6.07) is 1.91. The minimum Gasteiger partial charge on any atom is -0.443 e. The van der Waals surface area contributed by atoms with Crippen LogP contribution >= 0.6 is 0 Å². The second kappa shape index (κ2) is 8.12. The van der Waals surface area contributed by atoms with Gasteiger partial charge in [0, 0.05) is 19.0 Å². The molecule has 3 atom stereocenters. The van der Waals surface area contributed by atoms with Gasteiger partial charge in [0.1, 0.15) is 18.1 Å². The van der Waals surface area contributed by atoms with Gasteiger partial charge >= 0.3 is 5.69 Å². The van der Waals surface area contributed by atoms with E-state index in [1.165, 1.54) is 30.3 Å². The van der Waals surface area contributed by atoms with Gasteiger partial charge in [0.25, 0.3) is 0 Å². The molecule has 25 heavy (non-hydrogen) atoms. The number of nitrogens with zero attached hydrogens (tertiary/aromatic N) is 2. The average Bonchev–Trinajstić information content (AvgIpc) is 3.16. The van der Waals surface area contributed by atoms with Gasteiger partial charge in [-0.2, -0.15) is 4.98 Å². The summed E-state index contributed by atoms with van der Waals surface area (Å²) in [7, 11) is 0. The van der Waals surface area contributed by atoms with E-state index in [0.29, 0.717) is 5.71 Å². The Hall–Kier alpha value is -1.70. The van der Waals surface area contributed by atoms with E-state index >= 15 is 0 Å². The van der Waals surface area contributed by atoms with Crippen molar-refractivity contribution >= 4 is 11.1 Å². The van der Waals surface area contributed by atoms with Gasteiger partial charge in [-0.15, -0.1) is 0 Å². The van der Waals surface area contributed by atoms with Crippen molar-refractivity contribution < 1.29 is 19.4 Å². The molecule has 0 radical (unpaired) electrons. The van der Waals surface area contributed by atoms with Crippen LogP contribution in [0, 0.1) is 0 Å².